The average Bonchev–Trinajstić information content (AvgIpc) is 2.07. The quantitative estimate of drug-likeness (QED) is 0.623. The van der Waals surface area contributed by atoms with Gasteiger partial charge >= 0.3 is 0 Å². The molecule has 1 aromatic carbocycles. The molecule has 0 spiro atoms. The summed E-state index contributed by atoms with van der Waals surface area (Å²) in [6.07, 6.45) is 3.55. The zero-order chi connectivity index (χ0) is 8.10. The van der Waals surface area contributed by atoms with E-state index in [-0.39, 0.29) is 0 Å². The second kappa shape index (κ2) is 3.78. The van der Waals surface area contributed by atoms with Gasteiger partial charge in [-0.3, -0.25) is 0 Å². The van der Waals surface area contributed by atoms with Crippen LogP contribution in [-0.2, 0) is 0 Å². The van der Waals surface area contributed by atoms with Crippen molar-refractivity contribution in [1.82, 2.24) is 0 Å². The molecule has 1 rings (SSSR count). The van der Waals surface area contributed by atoms with Crippen molar-refractivity contribution in [2.45, 2.75) is 6.92 Å². The fraction of sp³-hybridized carbons (Fsp3) is 0.100. The molecular weight excluding hydrogens is 134 g/mol. The van der Waals surface area contributed by atoms with Crippen LogP contribution in [0.2, 0.25) is 0 Å². The fourth-order valence-corrected chi connectivity index (χ4v) is 0.859. The van der Waals surface area contributed by atoms with Crippen LogP contribution in [0.25, 0.3) is 0 Å². The molecule has 54 valence electrons. The first kappa shape index (κ1) is 7.81. The Bertz CT molecular complexity index is 253. The molecule has 1 heteroatoms. The van der Waals surface area contributed by atoms with Gasteiger partial charge in [-0.1, -0.05) is 31.2 Å². The molecule has 0 saturated carbocycles. The molecule has 0 aliphatic carbocycles. The molecule has 0 aliphatic rings. The van der Waals surface area contributed by atoms with E-state index in [2.05, 4.69) is 0 Å². The van der Waals surface area contributed by atoms with Gasteiger partial charge in [-0.15, -0.1) is 0 Å². The van der Waals surface area contributed by atoms with Gasteiger partial charge in [-0.2, -0.15) is 5.26 Å². The van der Waals surface area contributed by atoms with Crippen LogP contribution in [0.3, 0.4) is 0 Å². The molecule has 0 heterocycles. The van der Waals surface area contributed by atoms with Crippen LogP contribution in [0.4, 0.5) is 0 Å². The zero-order valence-electron chi connectivity index (χ0n) is 6.41. The minimum atomic E-state index is 0.957. The van der Waals surface area contributed by atoms with E-state index < -0.39 is 0 Å². The fourth-order valence-electron chi connectivity index (χ4n) is 0.859. The Morgan fingerprint density at radius 3 is 2.18 bits per heavy atom. The van der Waals surface area contributed by atoms with Gasteiger partial charge in [0.2, 0.25) is 0 Å². The average molecular weight is 143 g/mol. The standard InChI is InChI=1S/C10H9N/c1-2-9-3-5-10(6-4-9)7-8-11/h2-7H,1H3. The third-order valence-electron chi connectivity index (χ3n) is 1.50. The molecule has 0 fully saturated rings. The van der Waals surface area contributed by atoms with E-state index in [1.807, 2.05) is 43.7 Å². The second-order valence-corrected chi connectivity index (χ2v) is 2.23. The summed E-state index contributed by atoms with van der Waals surface area (Å²) in [7, 11) is 0. The van der Waals surface area contributed by atoms with Crippen molar-refractivity contribution in [2.75, 3.05) is 0 Å². The lowest BCUT2D eigenvalue weighted by Crippen LogP contribution is -1.80. The van der Waals surface area contributed by atoms with Crippen LogP contribution < -0.4 is 0 Å². The van der Waals surface area contributed by atoms with E-state index in [1.54, 1.807) is 0 Å². The highest BCUT2D eigenvalue weighted by atomic mass is 14.2. The Hall–Kier alpha value is -1.29. The van der Waals surface area contributed by atoms with Gasteiger partial charge in [0, 0.05) is 0 Å². The van der Waals surface area contributed by atoms with Gasteiger partial charge in [0.05, 0.1) is 12.5 Å². The summed E-state index contributed by atoms with van der Waals surface area (Å²) < 4.78 is 0. The predicted octanol–water partition coefficient (Wildman–Crippen LogP) is 2.33. The van der Waals surface area contributed by atoms with E-state index in [1.165, 1.54) is 12.0 Å². The summed E-state index contributed by atoms with van der Waals surface area (Å²) in [6, 6.07) is 9.82. The highest BCUT2D eigenvalue weighted by Crippen LogP contribution is 2.06. The van der Waals surface area contributed by atoms with Crippen molar-refractivity contribution in [3.05, 3.63) is 48.2 Å². The molecule has 2 radical (unpaired) electrons. The van der Waals surface area contributed by atoms with Crippen LogP contribution >= 0.6 is 0 Å². The largest absolute Gasteiger partial charge is 0.198 e. The minimum absolute atomic E-state index is 0.957. The third-order valence-corrected chi connectivity index (χ3v) is 1.50. The maximum absolute atomic E-state index is 8.33. The first-order valence-electron chi connectivity index (χ1n) is 3.49. The molecule has 0 aromatic heterocycles. The molecule has 0 N–H and O–H groups in total. The topological polar surface area (TPSA) is 23.8 Å². The first-order chi connectivity index (χ1) is 5.36. The lowest BCUT2D eigenvalue weighted by Gasteiger charge is -1.95. The molecule has 1 aromatic rings. The Labute approximate surface area is 67.3 Å². The molecular formula is C10H9N. The van der Waals surface area contributed by atoms with E-state index in [0.717, 1.165) is 5.56 Å². The van der Waals surface area contributed by atoms with Crippen molar-refractivity contribution in [1.29, 1.82) is 5.26 Å². The lowest BCUT2D eigenvalue weighted by molar-refractivity contribution is 1.39. The van der Waals surface area contributed by atoms with Crippen LogP contribution in [0, 0.1) is 24.2 Å². The van der Waals surface area contributed by atoms with Gasteiger partial charge < -0.3 is 0 Å². The van der Waals surface area contributed by atoms with Gasteiger partial charge in [0.1, 0.15) is 0 Å². The third kappa shape index (κ3) is 2.09. The van der Waals surface area contributed by atoms with E-state index in [9.17, 15) is 0 Å². The zero-order valence-corrected chi connectivity index (χ0v) is 6.41. The maximum Gasteiger partial charge on any atom is 0.0911 e. The highest BCUT2D eigenvalue weighted by molar-refractivity contribution is 5.33. The van der Waals surface area contributed by atoms with Gasteiger partial charge in [0.25, 0.3) is 0 Å². The highest BCUT2D eigenvalue weighted by Gasteiger charge is 1.91. The van der Waals surface area contributed by atoms with Gasteiger partial charge in [0.15, 0.2) is 0 Å². The Balaban J connectivity index is 2.76. The SMILES string of the molecule is C[CH]c1ccc([CH]C#N)cc1. The van der Waals surface area contributed by atoms with E-state index in [4.69, 9.17) is 5.26 Å². The van der Waals surface area contributed by atoms with Crippen LogP contribution in [0.5, 0.6) is 0 Å². The van der Waals surface area contributed by atoms with E-state index >= 15 is 0 Å². The van der Waals surface area contributed by atoms with E-state index in [0.29, 0.717) is 0 Å². The van der Waals surface area contributed by atoms with Crippen LogP contribution in [-0.4, -0.2) is 0 Å². The summed E-state index contributed by atoms with van der Waals surface area (Å²) in [5.41, 5.74) is 2.14. The molecule has 0 bridgehead atoms. The number of nitriles is 1. The van der Waals surface area contributed by atoms with Gasteiger partial charge in [-0.05, 0) is 17.5 Å². The Kier molecular flexibility index (Phi) is 2.68. The number of hydrogen-bond acceptors (Lipinski definition) is 1. The summed E-state index contributed by atoms with van der Waals surface area (Å²) >= 11 is 0. The molecule has 0 aliphatic heterocycles. The van der Waals surface area contributed by atoms with Crippen molar-refractivity contribution in [3.8, 4) is 6.07 Å². The predicted molar refractivity (Wildman–Crippen MR) is 44.5 cm³/mol. The molecule has 0 atom stereocenters. The summed E-state index contributed by atoms with van der Waals surface area (Å²) in [5, 5.41) is 8.33. The summed E-state index contributed by atoms with van der Waals surface area (Å²) in [6.45, 7) is 1.99. The van der Waals surface area contributed by atoms with Crippen LogP contribution in [0.15, 0.2) is 24.3 Å². The molecule has 1 nitrogen and oxygen atoms in total. The summed E-state index contributed by atoms with van der Waals surface area (Å²) in [4.78, 5) is 0. The molecule has 0 amide bonds. The smallest absolute Gasteiger partial charge is 0.0911 e. The lowest BCUT2D eigenvalue weighted by atomic mass is 10.1. The number of nitrogens with zero attached hydrogens (tertiary/aromatic N) is 1. The first-order valence-corrected chi connectivity index (χ1v) is 3.49. The van der Waals surface area contributed by atoms with Gasteiger partial charge in [-0.25, -0.2) is 0 Å². The maximum atomic E-state index is 8.33. The number of benzene rings is 1. The van der Waals surface area contributed by atoms with Crippen molar-refractivity contribution < 1.29 is 0 Å². The van der Waals surface area contributed by atoms with Crippen molar-refractivity contribution in [2.24, 2.45) is 0 Å². The van der Waals surface area contributed by atoms with Crippen molar-refractivity contribution in [3.63, 3.8) is 0 Å². The minimum Gasteiger partial charge on any atom is -0.198 e. The molecule has 0 unspecified atom stereocenters. The van der Waals surface area contributed by atoms with Crippen molar-refractivity contribution >= 4 is 0 Å². The number of rotatable bonds is 2. The number of hydrogen-bond donors (Lipinski definition) is 0. The van der Waals surface area contributed by atoms with Crippen LogP contribution in [0.1, 0.15) is 18.1 Å². The second-order valence-electron chi connectivity index (χ2n) is 2.23. The Morgan fingerprint density at radius 1 is 1.18 bits per heavy atom. The normalized spacial score (nSPS) is 9.09. The molecule has 0 saturated heterocycles. The monoisotopic (exact) mass is 143 g/mol. The Morgan fingerprint density at radius 2 is 1.73 bits per heavy atom. The summed E-state index contributed by atoms with van der Waals surface area (Å²) in [5.74, 6) is 0. The molecule has 11 heavy (non-hydrogen) atoms.